The van der Waals surface area contributed by atoms with Crippen LogP contribution in [-0.2, 0) is 6.42 Å². The highest BCUT2D eigenvalue weighted by Crippen LogP contribution is 2.13. The second-order valence-corrected chi connectivity index (χ2v) is 6.18. The van der Waals surface area contributed by atoms with Gasteiger partial charge in [-0.15, -0.1) is 10.2 Å². The van der Waals surface area contributed by atoms with Crippen LogP contribution in [-0.4, -0.2) is 39.8 Å². The second kappa shape index (κ2) is 8.40. The maximum atomic E-state index is 4.29. The molecule has 128 valence electrons. The van der Waals surface area contributed by atoms with Crippen molar-refractivity contribution in [1.82, 2.24) is 19.7 Å². The van der Waals surface area contributed by atoms with Crippen LogP contribution in [0.5, 0.6) is 0 Å². The molecular formula is C21H24N4. The smallest absolute Gasteiger partial charge is 0.160 e. The van der Waals surface area contributed by atoms with Crippen molar-refractivity contribution < 1.29 is 0 Å². The maximum Gasteiger partial charge on any atom is 0.160 e. The summed E-state index contributed by atoms with van der Waals surface area (Å²) in [5.41, 5.74) is 2.46. The molecule has 0 unspecified atom stereocenters. The molecule has 0 amide bonds. The zero-order chi connectivity index (χ0) is 17.5. The highest BCUT2D eigenvalue weighted by atomic mass is 15.3. The molecule has 0 saturated carbocycles. The van der Waals surface area contributed by atoms with Crippen LogP contribution in [0.25, 0.3) is 11.8 Å². The standard InChI is InChI=1S/C21H24N4/c1-18-22-23-21(25(18)20-12-7-4-8-13-20)14-9-16-24(2)17-15-19-10-5-3-6-11-19/h3-14H,15-17H2,1-2H3/b14-9+. The average molecular weight is 332 g/mol. The predicted molar refractivity (Wildman–Crippen MR) is 103 cm³/mol. The van der Waals surface area contributed by atoms with E-state index in [-0.39, 0.29) is 0 Å². The van der Waals surface area contributed by atoms with Gasteiger partial charge >= 0.3 is 0 Å². The van der Waals surface area contributed by atoms with Crippen LogP contribution in [0.2, 0.25) is 0 Å². The van der Waals surface area contributed by atoms with Crippen molar-refractivity contribution in [3.63, 3.8) is 0 Å². The first kappa shape index (κ1) is 17.1. The van der Waals surface area contributed by atoms with Gasteiger partial charge in [0.05, 0.1) is 0 Å². The van der Waals surface area contributed by atoms with E-state index in [2.05, 4.69) is 75.3 Å². The van der Waals surface area contributed by atoms with Gasteiger partial charge in [0.1, 0.15) is 5.82 Å². The SMILES string of the molecule is Cc1nnc(/C=C/CN(C)CCc2ccccc2)n1-c1ccccc1. The minimum Gasteiger partial charge on any atom is -0.302 e. The van der Waals surface area contributed by atoms with Crippen molar-refractivity contribution in [1.29, 1.82) is 0 Å². The second-order valence-electron chi connectivity index (χ2n) is 6.18. The Labute approximate surface area is 149 Å². The molecule has 1 aromatic heterocycles. The van der Waals surface area contributed by atoms with Crippen LogP contribution in [0.4, 0.5) is 0 Å². The summed E-state index contributed by atoms with van der Waals surface area (Å²) in [5, 5.41) is 8.50. The first-order valence-electron chi connectivity index (χ1n) is 8.60. The van der Waals surface area contributed by atoms with Gasteiger partial charge in [0.15, 0.2) is 5.82 Å². The zero-order valence-corrected chi connectivity index (χ0v) is 14.8. The fourth-order valence-electron chi connectivity index (χ4n) is 2.78. The Balaban J connectivity index is 1.59. The number of para-hydroxylation sites is 1. The van der Waals surface area contributed by atoms with Gasteiger partial charge in [-0.1, -0.05) is 54.6 Å². The van der Waals surface area contributed by atoms with Crippen molar-refractivity contribution in [2.24, 2.45) is 0 Å². The summed E-state index contributed by atoms with van der Waals surface area (Å²) in [4.78, 5) is 2.31. The molecule has 0 saturated heterocycles. The summed E-state index contributed by atoms with van der Waals surface area (Å²) in [6.07, 6.45) is 5.25. The molecule has 0 spiro atoms. The number of aromatic nitrogens is 3. The van der Waals surface area contributed by atoms with Gasteiger partial charge in [0.2, 0.25) is 0 Å². The fourth-order valence-corrected chi connectivity index (χ4v) is 2.78. The highest BCUT2D eigenvalue weighted by molar-refractivity contribution is 5.46. The van der Waals surface area contributed by atoms with Gasteiger partial charge in [-0.2, -0.15) is 0 Å². The van der Waals surface area contributed by atoms with Crippen molar-refractivity contribution in [2.75, 3.05) is 20.1 Å². The quantitative estimate of drug-likeness (QED) is 0.660. The van der Waals surface area contributed by atoms with Crippen molar-refractivity contribution >= 4 is 6.08 Å². The Bertz CT molecular complexity index is 806. The molecule has 1 heterocycles. The minimum atomic E-state index is 0.861. The number of rotatable bonds is 7. The van der Waals surface area contributed by atoms with Gasteiger partial charge in [-0.3, -0.25) is 4.57 Å². The molecule has 0 aliphatic rings. The van der Waals surface area contributed by atoms with Crippen molar-refractivity contribution in [3.05, 3.63) is 84.0 Å². The lowest BCUT2D eigenvalue weighted by Crippen LogP contribution is -2.21. The van der Waals surface area contributed by atoms with E-state index in [0.717, 1.165) is 36.8 Å². The third-order valence-electron chi connectivity index (χ3n) is 4.17. The molecule has 0 aliphatic heterocycles. The van der Waals surface area contributed by atoms with Crippen LogP contribution in [0.1, 0.15) is 17.2 Å². The van der Waals surface area contributed by atoms with E-state index in [1.54, 1.807) is 0 Å². The fraction of sp³-hybridized carbons (Fsp3) is 0.238. The third-order valence-corrected chi connectivity index (χ3v) is 4.17. The Morgan fingerprint density at radius 3 is 2.36 bits per heavy atom. The van der Waals surface area contributed by atoms with Crippen molar-refractivity contribution in [3.8, 4) is 5.69 Å². The molecule has 0 atom stereocenters. The van der Waals surface area contributed by atoms with Crippen LogP contribution in [0.3, 0.4) is 0 Å². The molecule has 4 heteroatoms. The summed E-state index contributed by atoms with van der Waals surface area (Å²) in [6.45, 7) is 3.88. The summed E-state index contributed by atoms with van der Waals surface area (Å²) in [5.74, 6) is 1.75. The molecule has 3 rings (SSSR count). The van der Waals surface area contributed by atoms with Gasteiger partial charge in [-0.05, 0) is 44.2 Å². The first-order chi connectivity index (χ1) is 12.2. The van der Waals surface area contributed by atoms with Crippen LogP contribution in [0.15, 0.2) is 66.7 Å². The molecule has 0 radical (unpaired) electrons. The van der Waals surface area contributed by atoms with Crippen LogP contribution >= 0.6 is 0 Å². The Morgan fingerprint density at radius 1 is 0.960 bits per heavy atom. The molecule has 2 aromatic carbocycles. The largest absolute Gasteiger partial charge is 0.302 e. The number of hydrogen-bond acceptors (Lipinski definition) is 3. The molecule has 25 heavy (non-hydrogen) atoms. The minimum absolute atomic E-state index is 0.861. The maximum absolute atomic E-state index is 4.29. The molecule has 3 aromatic rings. The van der Waals surface area contributed by atoms with Gasteiger partial charge in [-0.25, -0.2) is 0 Å². The van der Waals surface area contributed by atoms with E-state index in [9.17, 15) is 0 Å². The number of nitrogens with zero attached hydrogens (tertiary/aromatic N) is 4. The van der Waals surface area contributed by atoms with E-state index in [1.807, 2.05) is 31.2 Å². The molecule has 4 nitrogen and oxygen atoms in total. The van der Waals surface area contributed by atoms with E-state index >= 15 is 0 Å². The first-order valence-corrected chi connectivity index (χ1v) is 8.60. The highest BCUT2D eigenvalue weighted by Gasteiger charge is 2.07. The number of likely N-dealkylation sites (N-methyl/N-ethyl adjacent to an activating group) is 1. The Hall–Kier alpha value is -2.72. The molecule has 0 fully saturated rings. The molecule has 0 bridgehead atoms. The lowest BCUT2D eigenvalue weighted by molar-refractivity contribution is 0.375. The van der Waals surface area contributed by atoms with Gasteiger partial charge < -0.3 is 4.90 Å². The summed E-state index contributed by atoms with van der Waals surface area (Å²) in [6, 6.07) is 20.8. The number of hydrogen-bond donors (Lipinski definition) is 0. The van der Waals surface area contributed by atoms with E-state index in [1.165, 1.54) is 5.56 Å². The van der Waals surface area contributed by atoms with Gasteiger partial charge in [0.25, 0.3) is 0 Å². The van der Waals surface area contributed by atoms with E-state index < -0.39 is 0 Å². The third kappa shape index (κ3) is 4.64. The van der Waals surface area contributed by atoms with Crippen LogP contribution in [0, 0.1) is 6.92 Å². The van der Waals surface area contributed by atoms with E-state index in [4.69, 9.17) is 0 Å². The van der Waals surface area contributed by atoms with Crippen molar-refractivity contribution in [2.45, 2.75) is 13.3 Å². The Kier molecular flexibility index (Phi) is 5.75. The normalized spacial score (nSPS) is 11.5. The number of benzene rings is 2. The Morgan fingerprint density at radius 2 is 1.64 bits per heavy atom. The molecule has 0 aliphatic carbocycles. The zero-order valence-electron chi connectivity index (χ0n) is 14.8. The van der Waals surface area contributed by atoms with E-state index in [0.29, 0.717) is 0 Å². The predicted octanol–water partition coefficient (Wildman–Crippen LogP) is 3.76. The summed E-state index contributed by atoms with van der Waals surface area (Å²) >= 11 is 0. The monoisotopic (exact) mass is 332 g/mol. The van der Waals surface area contributed by atoms with Gasteiger partial charge in [0, 0.05) is 18.8 Å². The molecule has 0 N–H and O–H groups in total. The lowest BCUT2D eigenvalue weighted by atomic mass is 10.1. The topological polar surface area (TPSA) is 34.0 Å². The van der Waals surface area contributed by atoms with Crippen LogP contribution < -0.4 is 0 Å². The number of aryl methyl sites for hydroxylation is 1. The lowest BCUT2D eigenvalue weighted by Gasteiger charge is -2.14. The average Bonchev–Trinajstić information content (AvgIpc) is 3.02. The summed E-state index contributed by atoms with van der Waals surface area (Å²) in [7, 11) is 2.14. The molecular weight excluding hydrogens is 308 g/mol. The summed E-state index contributed by atoms with van der Waals surface area (Å²) < 4.78 is 2.07.